The Morgan fingerprint density at radius 1 is 1.14 bits per heavy atom. The molecule has 0 fully saturated rings. The van der Waals surface area contributed by atoms with Crippen molar-refractivity contribution in [2.45, 2.75) is 45.7 Å². The van der Waals surface area contributed by atoms with E-state index < -0.39 is 10.9 Å². The van der Waals surface area contributed by atoms with Crippen molar-refractivity contribution in [2.75, 3.05) is 17.3 Å². The summed E-state index contributed by atoms with van der Waals surface area (Å²) in [6, 6.07) is 9.98. The van der Waals surface area contributed by atoms with Crippen LogP contribution in [0.3, 0.4) is 0 Å². The minimum Gasteiger partial charge on any atom is -0.375 e. The first-order chi connectivity index (χ1) is 10.3. The Hall–Kier alpha value is -2.10. The summed E-state index contributed by atoms with van der Waals surface area (Å²) < 4.78 is 0. The zero-order valence-electron chi connectivity index (χ0n) is 13.9. The molecule has 118 valence electrons. The predicted octanol–water partition coefficient (Wildman–Crippen LogP) is 3.08. The van der Waals surface area contributed by atoms with E-state index in [1.54, 1.807) is 0 Å². The Morgan fingerprint density at radius 2 is 1.73 bits per heavy atom. The van der Waals surface area contributed by atoms with Crippen molar-refractivity contribution < 1.29 is 0 Å². The lowest BCUT2D eigenvalue weighted by Gasteiger charge is -2.33. The first-order valence-electron chi connectivity index (χ1n) is 7.67. The van der Waals surface area contributed by atoms with E-state index in [9.17, 15) is 9.59 Å². The summed E-state index contributed by atoms with van der Waals surface area (Å²) in [6.45, 7) is 8.12. The van der Waals surface area contributed by atoms with Gasteiger partial charge in [-0.15, -0.1) is 0 Å². The summed E-state index contributed by atoms with van der Waals surface area (Å²) in [5.74, 6) is 0. The van der Waals surface area contributed by atoms with Crippen LogP contribution in [0.15, 0.2) is 39.9 Å². The van der Waals surface area contributed by atoms with Gasteiger partial charge in [-0.2, -0.15) is 0 Å². The van der Waals surface area contributed by atoms with E-state index in [2.05, 4.69) is 12.2 Å². The Labute approximate surface area is 131 Å². The molecular formula is C18H24N2O2. The van der Waals surface area contributed by atoms with Gasteiger partial charge >= 0.3 is 0 Å². The van der Waals surface area contributed by atoms with Gasteiger partial charge in [-0.1, -0.05) is 37.3 Å². The molecule has 2 aromatic carbocycles. The van der Waals surface area contributed by atoms with E-state index in [0.29, 0.717) is 11.4 Å². The van der Waals surface area contributed by atoms with Gasteiger partial charge in [0.1, 0.15) is 11.4 Å². The van der Waals surface area contributed by atoms with Gasteiger partial charge in [-0.25, -0.2) is 0 Å². The molecule has 0 bridgehead atoms. The smallest absolute Gasteiger partial charge is 0.253 e. The number of hydrogen-bond acceptors (Lipinski definition) is 4. The molecule has 0 aliphatic rings. The zero-order valence-corrected chi connectivity index (χ0v) is 13.9. The van der Waals surface area contributed by atoms with Gasteiger partial charge in [-0.05, 0) is 32.8 Å². The Balaban J connectivity index is 2.32. The van der Waals surface area contributed by atoms with Crippen LogP contribution in [0.5, 0.6) is 0 Å². The average Bonchev–Trinajstić information content (AvgIpc) is 2.53. The molecule has 0 saturated carbocycles. The Bertz CT molecular complexity index is 712. The number of benzene rings is 1. The molecule has 1 atom stereocenters. The monoisotopic (exact) mass is 300 g/mol. The minimum absolute atomic E-state index is 0.0230. The Kier molecular flexibility index (Phi) is 4.40. The molecular weight excluding hydrogens is 276 g/mol. The molecule has 0 heterocycles. The highest BCUT2D eigenvalue weighted by molar-refractivity contribution is 5.76. The molecule has 22 heavy (non-hydrogen) atoms. The normalized spacial score (nSPS) is 13.1. The van der Waals surface area contributed by atoms with Crippen molar-refractivity contribution in [3.8, 4) is 0 Å². The van der Waals surface area contributed by atoms with E-state index >= 15 is 0 Å². The number of rotatable bonds is 6. The number of hydrogen-bond donors (Lipinski definition) is 1. The number of nitrogens with one attached hydrogen (secondary N) is 1. The maximum absolute atomic E-state index is 12.0. The largest absolute Gasteiger partial charge is 0.375 e. The average molecular weight is 300 g/mol. The zero-order chi connectivity index (χ0) is 16.5. The SMILES string of the molecule is CCC(C)(C)Nc1c(N(C)C(C)c2ccccc2)c(=O)c1=O. The van der Waals surface area contributed by atoms with E-state index in [4.69, 9.17) is 0 Å². The highest BCUT2D eigenvalue weighted by Crippen LogP contribution is 2.30. The van der Waals surface area contributed by atoms with Crippen LogP contribution in [0.2, 0.25) is 0 Å². The minimum atomic E-state index is -0.413. The molecule has 0 aliphatic heterocycles. The molecule has 0 saturated heterocycles. The summed E-state index contributed by atoms with van der Waals surface area (Å²) in [5.41, 5.74) is 1.01. The van der Waals surface area contributed by atoms with Crippen molar-refractivity contribution in [3.05, 3.63) is 56.3 Å². The van der Waals surface area contributed by atoms with Crippen molar-refractivity contribution >= 4 is 11.4 Å². The van der Waals surface area contributed by atoms with E-state index in [1.165, 1.54) is 0 Å². The lowest BCUT2D eigenvalue weighted by atomic mass is 9.99. The van der Waals surface area contributed by atoms with Crippen LogP contribution in [0.1, 0.15) is 45.7 Å². The summed E-state index contributed by atoms with van der Waals surface area (Å²) in [6.07, 6.45) is 0.864. The van der Waals surface area contributed by atoms with Gasteiger partial charge in [0.15, 0.2) is 0 Å². The van der Waals surface area contributed by atoms with Crippen molar-refractivity contribution in [3.63, 3.8) is 0 Å². The molecule has 0 spiro atoms. The predicted molar refractivity (Wildman–Crippen MR) is 92.6 cm³/mol. The van der Waals surface area contributed by atoms with Gasteiger partial charge in [0.2, 0.25) is 0 Å². The number of nitrogens with zero attached hydrogens (tertiary/aromatic N) is 1. The van der Waals surface area contributed by atoms with Crippen molar-refractivity contribution in [1.82, 2.24) is 0 Å². The second-order valence-electron chi connectivity index (χ2n) is 6.44. The highest BCUT2D eigenvalue weighted by atomic mass is 16.2. The van der Waals surface area contributed by atoms with E-state index in [1.807, 2.05) is 63.1 Å². The molecule has 1 unspecified atom stereocenters. The summed E-state index contributed by atoms with van der Waals surface area (Å²) in [5, 5.41) is 3.23. The Morgan fingerprint density at radius 3 is 2.27 bits per heavy atom. The van der Waals surface area contributed by atoms with Crippen molar-refractivity contribution in [1.29, 1.82) is 0 Å². The van der Waals surface area contributed by atoms with E-state index in [-0.39, 0.29) is 11.6 Å². The third kappa shape index (κ3) is 2.91. The topological polar surface area (TPSA) is 49.4 Å². The van der Waals surface area contributed by atoms with Gasteiger partial charge < -0.3 is 10.2 Å². The highest BCUT2D eigenvalue weighted by Gasteiger charge is 2.30. The first-order valence-corrected chi connectivity index (χ1v) is 7.67. The van der Waals surface area contributed by atoms with E-state index in [0.717, 1.165) is 12.0 Å². The third-order valence-electron chi connectivity index (χ3n) is 4.45. The molecule has 0 aromatic heterocycles. The fourth-order valence-corrected chi connectivity index (χ4v) is 2.41. The molecule has 0 amide bonds. The van der Waals surface area contributed by atoms with Gasteiger partial charge in [0.25, 0.3) is 10.9 Å². The molecule has 4 nitrogen and oxygen atoms in total. The van der Waals surface area contributed by atoms with Crippen LogP contribution in [-0.4, -0.2) is 12.6 Å². The second kappa shape index (κ2) is 5.95. The second-order valence-corrected chi connectivity index (χ2v) is 6.44. The maximum Gasteiger partial charge on any atom is 0.253 e. The standard InChI is InChI=1S/C18H24N2O2/c1-6-18(3,4)19-14-15(17(22)16(14)21)20(5)12(2)13-10-8-7-9-11-13/h7-12,19H,6H2,1-5H3. The van der Waals surface area contributed by atoms with Crippen LogP contribution in [0.4, 0.5) is 11.4 Å². The number of anilines is 2. The van der Waals surface area contributed by atoms with Crippen LogP contribution >= 0.6 is 0 Å². The van der Waals surface area contributed by atoms with Gasteiger partial charge in [0.05, 0.1) is 6.04 Å². The first kappa shape index (κ1) is 16.3. The summed E-state index contributed by atoms with van der Waals surface area (Å²) in [4.78, 5) is 25.8. The van der Waals surface area contributed by atoms with Crippen LogP contribution in [0.25, 0.3) is 0 Å². The van der Waals surface area contributed by atoms with Crippen LogP contribution in [-0.2, 0) is 0 Å². The molecule has 1 N–H and O–H groups in total. The molecule has 4 heteroatoms. The summed E-state index contributed by atoms with van der Waals surface area (Å²) in [7, 11) is 1.86. The maximum atomic E-state index is 12.0. The fraction of sp³-hybridized carbons (Fsp3) is 0.444. The van der Waals surface area contributed by atoms with Gasteiger partial charge in [0, 0.05) is 12.6 Å². The lowest BCUT2D eigenvalue weighted by Crippen LogP contribution is -2.45. The summed E-state index contributed by atoms with van der Waals surface area (Å²) >= 11 is 0. The van der Waals surface area contributed by atoms with Crippen LogP contribution < -0.4 is 21.1 Å². The molecule has 0 radical (unpaired) electrons. The third-order valence-corrected chi connectivity index (χ3v) is 4.45. The lowest BCUT2D eigenvalue weighted by molar-refractivity contribution is 0.545. The molecule has 0 aliphatic carbocycles. The van der Waals surface area contributed by atoms with Gasteiger partial charge in [-0.3, -0.25) is 9.59 Å². The quantitative estimate of drug-likeness (QED) is 0.833. The van der Waals surface area contributed by atoms with Crippen LogP contribution in [0, 0.1) is 0 Å². The van der Waals surface area contributed by atoms with Crippen molar-refractivity contribution in [2.24, 2.45) is 0 Å². The molecule has 2 aromatic rings. The fourth-order valence-electron chi connectivity index (χ4n) is 2.41. The molecule has 2 rings (SSSR count).